The zero-order valence-electron chi connectivity index (χ0n) is 16.8. The number of piperidine rings is 1. The Labute approximate surface area is 177 Å². The number of hydrogen-bond acceptors (Lipinski definition) is 4. The van der Waals surface area contributed by atoms with Gasteiger partial charge in [0.1, 0.15) is 11.3 Å². The minimum absolute atomic E-state index is 0.253. The number of hydrogen-bond donors (Lipinski definition) is 3. The van der Waals surface area contributed by atoms with E-state index in [1.165, 1.54) is 12.1 Å². The monoisotopic (exact) mass is 412 g/mol. The van der Waals surface area contributed by atoms with Crippen molar-refractivity contribution in [1.29, 1.82) is 0 Å². The van der Waals surface area contributed by atoms with Crippen molar-refractivity contribution in [2.45, 2.75) is 18.8 Å². The average Bonchev–Trinajstić information content (AvgIpc) is 3.43. The van der Waals surface area contributed by atoms with Crippen LogP contribution in [0.5, 0.6) is 0 Å². The number of H-pyrrole nitrogens is 2. The Hall–Kier alpha value is -3.58. The molecule has 154 valence electrons. The van der Waals surface area contributed by atoms with Crippen LogP contribution in [-0.2, 0) is 0 Å². The molecule has 0 aliphatic carbocycles. The molecule has 6 rings (SSSR count). The topological polar surface area (TPSA) is 82.3 Å². The highest BCUT2D eigenvalue weighted by molar-refractivity contribution is 5.96. The van der Waals surface area contributed by atoms with Crippen LogP contribution >= 0.6 is 0 Å². The molecule has 1 aliphatic rings. The fourth-order valence-electron chi connectivity index (χ4n) is 4.43. The maximum absolute atomic E-state index is 13.4. The van der Waals surface area contributed by atoms with Crippen LogP contribution in [0, 0.1) is 5.82 Å². The summed E-state index contributed by atoms with van der Waals surface area (Å²) in [5, 5.41) is 11.0. The Kier molecular flexibility index (Phi) is 4.28. The van der Waals surface area contributed by atoms with E-state index in [1.54, 1.807) is 12.1 Å². The normalized spacial score (nSPS) is 15.1. The molecule has 1 saturated heterocycles. The first-order valence-electron chi connectivity index (χ1n) is 10.6. The second-order valence-electron chi connectivity index (χ2n) is 8.02. The predicted molar refractivity (Wildman–Crippen MR) is 119 cm³/mol. The number of rotatable bonds is 3. The van der Waals surface area contributed by atoms with E-state index in [0.717, 1.165) is 64.8 Å². The summed E-state index contributed by atoms with van der Waals surface area (Å²) < 4.78 is 13.4. The summed E-state index contributed by atoms with van der Waals surface area (Å²) in [7, 11) is 0. The van der Waals surface area contributed by atoms with E-state index in [0.29, 0.717) is 17.4 Å². The quantitative estimate of drug-likeness (QED) is 0.399. The zero-order valence-corrected chi connectivity index (χ0v) is 16.8. The van der Waals surface area contributed by atoms with Gasteiger partial charge in [0, 0.05) is 17.2 Å². The first kappa shape index (κ1) is 18.2. The van der Waals surface area contributed by atoms with Crippen LogP contribution in [0.4, 0.5) is 4.39 Å². The second kappa shape index (κ2) is 7.28. The van der Waals surface area contributed by atoms with E-state index < -0.39 is 0 Å². The van der Waals surface area contributed by atoms with Crippen LogP contribution in [0.15, 0.2) is 54.6 Å². The van der Waals surface area contributed by atoms with Gasteiger partial charge in [-0.1, -0.05) is 24.3 Å². The number of imidazole rings is 1. The van der Waals surface area contributed by atoms with Crippen LogP contribution in [0.1, 0.15) is 24.5 Å². The fourth-order valence-corrected chi connectivity index (χ4v) is 4.43. The number of benzene rings is 2. The smallest absolute Gasteiger partial charge is 0.161 e. The van der Waals surface area contributed by atoms with Crippen molar-refractivity contribution in [3.05, 3.63) is 66.1 Å². The van der Waals surface area contributed by atoms with E-state index in [4.69, 9.17) is 9.97 Å². The van der Waals surface area contributed by atoms with Gasteiger partial charge >= 0.3 is 0 Å². The van der Waals surface area contributed by atoms with E-state index in [1.807, 2.05) is 18.2 Å². The molecule has 1 fully saturated rings. The lowest BCUT2D eigenvalue weighted by molar-refractivity contribution is 0.454. The van der Waals surface area contributed by atoms with Crippen molar-refractivity contribution < 1.29 is 4.39 Å². The van der Waals surface area contributed by atoms with Gasteiger partial charge in [0.05, 0.1) is 16.6 Å². The number of nitrogens with one attached hydrogen (secondary N) is 3. The molecule has 7 heteroatoms. The van der Waals surface area contributed by atoms with E-state index >= 15 is 0 Å². The number of aromatic amines is 2. The Bertz CT molecular complexity index is 1380. The van der Waals surface area contributed by atoms with Gasteiger partial charge in [0.15, 0.2) is 11.5 Å². The summed E-state index contributed by atoms with van der Waals surface area (Å²) in [4.78, 5) is 13.2. The van der Waals surface area contributed by atoms with Crippen LogP contribution < -0.4 is 5.32 Å². The zero-order chi connectivity index (χ0) is 20.8. The standard InChI is InChI=1S/C24H21FN6/c25-16-6-4-14(5-7-16)17-2-1-3-19-21(17)29-24(28-19)23-22-20(30-31-23)9-8-18(27-22)15-10-12-26-13-11-15/h1-9,15,26H,10-13H2,(H,28,29)(H,30,31). The van der Waals surface area contributed by atoms with Crippen molar-refractivity contribution in [3.8, 4) is 22.6 Å². The predicted octanol–water partition coefficient (Wildman–Crippen LogP) is 4.77. The molecule has 1 aliphatic heterocycles. The summed E-state index contributed by atoms with van der Waals surface area (Å²) in [6.07, 6.45) is 2.19. The van der Waals surface area contributed by atoms with E-state index in [2.05, 4.69) is 32.6 Å². The molecule has 31 heavy (non-hydrogen) atoms. The average molecular weight is 412 g/mol. The first-order chi connectivity index (χ1) is 15.3. The van der Waals surface area contributed by atoms with E-state index in [-0.39, 0.29) is 5.82 Å². The molecular formula is C24H21FN6. The SMILES string of the molecule is Fc1ccc(-c2cccc3[nH]c(-c4n[nH]c5ccc(C6CCNCC6)nc45)nc23)cc1. The van der Waals surface area contributed by atoms with Crippen molar-refractivity contribution in [1.82, 2.24) is 30.5 Å². The lowest BCUT2D eigenvalue weighted by Crippen LogP contribution is -2.27. The van der Waals surface area contributed by atoms with Gasteiger partial charge in [-0.25, -0.2) is 14.4 Å². The highest BCUT2D eigenvalue weighted by Gasteiger charge is 2.20. The lowest BCUT2D eigenvalue weighted by atomic mass is 9.94. The van der Waals surface area contributed by atoms with Gasteiger partial charge in [-0.3, -0.25) is 5.10 Å². The molecule has 0 amide bonds. The molecule has 0 radical (unpaired) electrons. The third-order valence-electron chi connectivity index (χ3n) is 6.08. The van der Waals surface area contributed by atoms with Gasteiger partial charge in [0.2, 0.25) is 0 Å². The summed E-state index contributed by atoms with van der Waals surface area (Å²) in [6, 6.07) is 16.6. The lowest BCUT2D eigenvalue weighted by Gasteiger charge is -2.22. The number of pyridine rings is 1. The summed E-state index contributed by atoms with van der Waals surface area (Å²) in [6.45, 7) is 2.05. The van der Waals surface area contributed by atoms with Crippen molar-refractivity contribution >= 4 is 22.1 Å². The van der Waals surface area contributed by atoms with Crippen LogP contribution in [-0.4, -0.2) is 38.2 Å². The Morgan fingerprint density at radius 2 is 1.68 bits per heavy atom. The van der Waals surface area contributed by atoms with Gasteiger partial charge in [-0.2, -0.15) is 5.10 Å². The van der Waals surface area contributed by atoms with Crippen molar-refractivity contribution in [3.63, 3.8) is 0 Å². The molecule has 0 atom stereocenters. The maximum Gasteiger partial charge on any atom is 0.161 e. The minimum atomic E-state index is -0.253. The molecule has 0 bridgehead atoms. The minimum Gasteiger partial charge on any atom is -0.336 e. The molecule has 2 aromatic carbocycles. The maximum atomic E-state index is 13.4. The Morgan fingerprint density at radius 3 is 2.52 bits per heavy atom. The van der Waals surface area contributed by atoms with Crippen molar-refractivity contribution in [2.24, 2.45) is 0 Å². The molecular weight excluding hydrogens is 391 g/mol. The highest BCUT2D eigenvalue weighted by Crippen LogP contribution is 2.32. The largest absolute Gasteiger partial charge is 0.336 e. The van der Waals surface area contributed by atoms with Crippen molar-refractivity contribution in [2.75, 3.05) is 13.1 Å². The molecule has 0 saturated carbocycles. The number of halogens is 1. The first-order valence-corrected chi connectivity index (χ1v) is 10.6. The number of aromatic nitrogens is 5. The number of fused-ring (bicyclic) bond motifs is 2. The molecule has 4 heterocycles. The summed E-state index contributed by atoms with van der Waals surface area (Å²) in [5.41, 5.74) is 7.15. The fraction of sp³-hybridized carbons (Fsp3) is 0.208. The number of nitrogens with zero attached hydrogens (tertiary/aromatic N) is 3. The third-order valence-corrected chi connectivity index (χ3v) is 6.08. The second-order valence-corrected chi connectivity index (χ2v) is 8.02. The molecule has 6 nitrogen and oxygen atoms in total. The molecule has 0 spiro atoms. The Morgan fingerprint density at radius 1 is 0.839 bits per heavy atom. The molecule has 3 N–H and O–H groups in total. The van der Waals surface area contributed by atoms with Crippen LogP contribution in [0.2, 0.25) is 0 Å². The highest BCUT2D eigenvalue weighted by atomic mass is 19.1. The Balaban J connectivity index is 1.46. The van der Waals surface area contributed by atoms with Crippen LogP contribution in [0.3, 0.4) is 0 Å². The molecule has 3 aromatic heterocycles. The van der Waals surface area contributed by atoms with Crippen LogP contribution in [0.25, 0.3) is 44.7 Å². The van der Waals surface area contributed by atoms with Gasteiger partial charge in [-0.05, 0) is 61.8 Å². The van der Waals surface area contributed by atoms with E-state index in [9.17, 15) is 4.39 Å². The third kappa shape index (κ3) is 3.18. The summed E-state index contributed by atoms with van der Waals surface area (Å²) >= 11 is 0. The number of para-hydroxylation sites is 1. The summed E-state index contributed by atoms with van der Waals surface area (Å²) in [5.74, 6) is 0.886. The van der Waals surface area contributed by atoms with Gasteiger partial charge < -0.3 is 10.3 Å². The molecule has 0 unspecified atom stereocenters. The van der Waals surface area contributed by atoms with Gasteiger partial charge in [-0.15, -0.1) is 0 Å². The van der Waals surface area contributed by atoms with Gasteiger partial charge in [0.25, 0.3) is 0 Å². The molecule has 5 aromatic rings.